The van der Waals surface area contributed by atoms with Crippen LogP contribution in [0.4, 0.5) is 5.00 Å². The first-order valence-electron chi connectivity index (χ1n) is 6.03. The lowest BCUT2D eigenvalue weighted by molar-refractivity contribution is -0.123. The highest BCUT2D eigenvalue weighted by Gasteiger charge is 2.22. The minimum Gasteiger partial charge on any atom is -0.447 e. The monoisotopic (exact) mass is 386 g/mol. The second-order valence-electron chi connectivity index (χ2n) is 4.17. The molecule has 7 nitrogen and oxygen atoms in total. The number of anilines is 1. The van der Waals surface area contributed by atoms with E-state index in [4.69, 9.17) is 14.9 Å². The fraction of sp³-hybridized carbons (Fsp3) is 0.154. The Morgan fingerprint density at radius 1 is 1.36 bits per heavy atom. The van der Waals surface area contributed by atoms with E-state index in [-0.39, 0.29) is 11.3 Å². The van der Waals surface area contributed by atoms with Crippen molar-refractivity contribution in [1.29, 1.82) is 0 Å². The summed E-state index contributed by atoms with van der Waals surface area (Å²) in [4.78, 5) is 34.9. The summed E-state index contributed by atoms with van der Waals surface area (Å²) >= 11 is 4.21. The highest BCUT2D eigenvalue weighted by Crippen LogP contribution is 2.23. The molecule has 0 aliphatic heterocycles. The number of furan rings is 1. The lowest BCUT2D eigenvalue weighted by Gasteiger charge is -2.12. The van der Waals surface area contributed by atoms with E-state index in [1.165, 1.54) is 25.1 Å². The van der Waals surface area contributed by atoms with Crippen molar-refractivity contribution in [3.63, 3.8) is 0 Å². The maximum Gasteiger partial charge on any atom is 0.375 e. The quantitative estimate of drug-likeness (QED) is 0.766. The molecule has 0 saturated heterocycles. The van der Waals surface area contributed by atoms with Gasteiger partial charge in [0.2, 0.25) is 5.76 Å². The number of thiophene rings is 1. The maximum absolute atomic E-state index is 12.0. The largest absolute Gasteiger partial charge is 0.447 e. The molecule has 2 heterocycles. The molecule has 2 aromatic rings. The first kappa shape index (κ1) is 16.2. The van der Waals surface area contributed by atoms with Crippen molar-refractivity contribution in [2.24, 2.45) is 5.73 Å². The number of halogens is 1. The summed E-state index contributed by atoms with van der Waals surface area (Å²) in [5.41, 5.74) is 5.38. The van der Waals surface area contributed by atoms with Crippen LogP contribution in [0.15, 0.2) is 32.7 Å². The summed E-state index contributed by atoms with van der Waals surface area (Å²) in [5.74, 6) is -2.03. The fourth-order valence-electron chi connectivity index (χ4n) is 1.51. The lowest BCUT2D eigenvalue weighted by atomic mass is 10.3. The number of nitrogens with two attached hydrogens (primary N) is 1. The molecule has 9 heteroatoms. The number of hydrogen-bond donors (Lipinski definition) is 2. The topological polar surface area (TPSA) is 112 Å². The van der Waals surface area contributed by atoms with E-state index in [0.717, 1.165) is 11.3 Å². The first-order valence-corrected chi connectivity index (χ1v) is 7.70. The van der Waals surface area contributed by atoms with Crippen molar-refractivity contribution < 1.29 is 23.5 Å². The summed E-state index contributed by atoms with van der Waals surface area (Å²) in [6.45, 7) is 1.41. The Bertz CT molecular complexity index is 724. The summed E-state index contributed by atoms with van der Waals surface area (Å²) in [7, 11) is 0. The fourth-order valence-corrected chi connectivity index (χ4v) is 2.61. The third-order valence-corrected chi connectivity index (χ3v) is 3.85. The van der Waals surface area contributed by atoms with Gasteiger partial charge in [0, 0.05) is 0 Å². The molecule has 1 unspecified atom stereocenters. The highest BCUT2D eigenvalue weighted by atomic mass is 79.9. The molecular formula is C13H11BrN2O5S. The van der Waals surface area contributed by atoms with Crippen LogP contribution < -0.4 is 11.1 Å². The molecule has 2 amide bonds. The van der Waals surface area contributed by atoms with Crippen LogP contribution in [0, 0.1) is 0 Å². The van der Waals surface area contributed by atoms with E-state index in [9.17, 15) is 14.4 Å². The SMILES string of the molecule is CC(OC(=O)c1ccc(Br)o1)C(=O)Nc1sccc1C(N)=O. The lowest BCUT2D eigenvalue weighted by Crippen LogP contribution is -2.30. The smallest absolute Gasteiger partial charge is 0.375 e. The molecular weight excluding hydrogens is 376 g/mol. The number of carbonyl (C=O) groups excluding carboxylic acids is 3. The molecule has 2 rings (SSSR count). The Morgan fingerprint density at radius 3 is 2.68 bits per heavy atom. The zero-order chi connectivity index (χ0) is 16.3. The maximum atomic E-state index is 12.0. The van der Waals surface area contributed by atoms with Gasteiger partial charge < -0.3 is 20.2 Å². The first-order chi connectivity index (χ1) is 10.4. The Kier molecular flexibility index (Phi) is 4.99. The van der Waals surface area contributed by atoms with Crippen LogP contribution in [0.25, 0.3) is 0 Å². The molecule has 1 atom stereocenters. The molecule has 2 aromatic heterocycles. The standard InChI is InChI=1S/C13H11BrN2O5S/c1-6(20-13(19)8-2-3-9(14)21-8)11(18)16-12-7(10(15)17)4-5-22-12/h2-6H,1H3,(H2,15,17)(H,16,18). The second-order valence-corrected chi connectivity index (χ2v) is 5.87. The normalized spacial score (nSPS) is 11.7. The number of primary amides is 1. The molecule has 0 fully saturated rings. The predicted octanol–water partition coefficient (Wildman–Crippen LogP) is 2.39. The third kappa shape index (κ3) is 3.74. The van der Waals surface area contributed by atoms with Crippen LogP contribution in [0.3, 0.4) is 0 Å². The molecule has 0 aliphatic rings. The Labute approximate surface area is 137 Å². The summed E-state index contributed by atoms with van der Waals surface area (Å²) in [6, 6.07) is 4.45. The van der Waals surface area contributed by atoms with Gasteiger partial charge in [-0.3, -0.25) is 9.59 Å². The average Bonchev–Trinajstić information content (AvgIpc) is 3.07. The second kappa shape index (κ2) is 6.75. The van der Waals surface area contributed by atoms with Gasteiger partial charge in [-0.15, -0.1) is 11.3 Å². The van der Waals surface area contributed by atoms with Crippen LogP contribution in [-0.4, -0.2) is 23.9 Å². The number of ether oxygens (including phenoxy) is 1. The van der Waals surface area contributed by atoms with Gasteiger partial charge in [0.15, 0.2) is 10.8 Å². The minimum atomic E-state index is -1.07. The molecule has 0 radical (unpaired) electrons. The molecule has 0 bridgehead atoms. The van der Waals surface area contributed by atoms with Crippen LogP contribution in [0.2, 0.25) is 0 Å². The Morgan fingerprint density at radius 2 is 2.09 bits per heavy atom. The number of hydrogen-bond acceptors (Lipinski definition) is 6. The molecule has 0 aliphatic carbocycles. The van der Waals surface area contributed by atoms with Gasteiger partial charge in [-0.1, -0.05) is 0 Å². The molecule has 116 valence electrons. The van der Waals surface area contributed by atoms with Gasteiger partial charge in [-0.05, 0) is 46.4 Å². The molecule has 3 N–H and O–H groups in total. The van der Waals surface area contributed by atoms with E-state index in [1.807, 2.05) is 0 Å². The molecule has 0 aromatic carbocycles. The zero-order valence-electron chi connectivity index (χ0n) is 11.3. The van der Waals surface area contributed by atoms with Gasteiger partial charge in [0.05, 0.1) is 5.56 Å². The molecule has 0 spiro atoms. The number of rotatable bonds is 5. The van der Waals surface area contributed by atoms with Crippen LogP contribution in [-0.2, 0) is 9.53 Å². The Hall–Kier alpha value is -2.13. The van der Waals surface area contributed by atoms with Crippen molar-refractivity contribution in [3.05, 3.63) is 39.6 Å². The van der Waals surface area contributed by atoms with Crippen LogP contribution >= 0.6 is 27.3 Å². The van der Waals surface area contributed by atoms with E-state index >= 15 is 0 Å². The molecule has 22 heavy (non-hydrogen) atoms. The van der Waals surface area contributed by atoms with Crippen molar-refractivity contribution >= 4 is 50.1 Å². The molecule has 0 saturated carbocycles. The van der Waals surface area contributed by atoms with Gasteiger partial charge in [0.1, 0.15) is 5.00 Å². The van der Waals surface area contributed by atoms with E-state index in [1.54, 1.807) is 5.38 Å². The van der Waals surface area contributed by atoms with E-state index in [0.29, 0.717) is 9.67 Å². The highest BCUT2D eigenvalue weighted by molar-refractivity contribution is 9.10. The van der Waals surface area contributed by atoms with Gasteiger partial charge in [-0.25, -0.2) is 4.79 Å². The van der Waals surface area contributed by atoms with Crippen LogP contribution in [0.1, 0.15) is 27.8 Å². The minimum absolute atomic E-state index is 0.0273. The van der Waals surface area contributed by atoms with Crippen molar-refractivity contribution in [1.82, 2.24) is 0 Å². The number of carbonyl (C=O) groups is 3. The van der Waals surface area contributed by atoms with Crippen molar-refractivity contribution in [2.45, 2.75) is 13.0 Å². The summed E-state index contributed by atoms with van der Waals surface area (Å²) in [6.07, 6.45) is -1.07. The third-order valence-electron chi connectivity index (χ3n) is 2.59. The average molecular weight is 387 g/mol. The number of amides is 2. The number of esters is 1. The van der Waals surface area contributed by atoms with Gasteiger partial charge in [0.25, 0.3) is 11.8 Å². The summed E-state index contributed by atoms with van der Waals surface area (Å²) < 4.78 is 10.4. The zero-order valence-corrected chi connectivity index (χ0v) is 13.7. The van der Waals surface area contributed by atoms with Crippen molar-refractivity contribution in [2.75, 3.05) is 5.32 Å². The van der Waals surface area contributed by atoms with Gasteiger partial charge >= 0.3 is 5.97 Å². The van der Waals surface area contributed by atoms with Gasteiger partial charge in [-0.2, -0.15) is 0 Å². The van der Waals surface area contributed by atoms with E-state index < -0.39 is 23.9 Å². The van der Waals surface area contributed by atoms with E-state index in [2.05, 4.69) is 21.2 Å². The summed E-state index contributed by atoms with van der Waals surface area (Å²) in [5, 5.41) is 4.42. The predicted molar refractivity (Wildman–Crippen MR) is 82.8 cm³/mol. The van der Waals surface area contributed by atoms with Crippen molar-refractivity contribution in [3.8, 4) is 0 Å². The number of nitrogens with one attached hydrogen (secondary N) is 1. The van der Waals surface area contributed by atoms with Crippen LogP contribution in [0.5, 0.6) is 0 Å². The Balaban J connectivity index is 1.99.